The summed E-state index contributed by atoms with van der Waals surface area (Å²) in [6.07, 6.45) is -4.63. The number of aromatic nitrogens is 1. The third-order valence-electron chi connectivity index (χ3n) is 2.52. The van der Waals surface area contributed by atoms with Gasteiger partial charge in [-0.1, -0.05) is 0 Å². The molecule has 0 aliphatic carbocycles. The SMILES string of the molecule is CC1=C(C#N)C(c2scnc2C(F)(F)F)NC(=O)N1. The van der Waals surface area contributed by atoms with Crippen LogP contribution in [0.1, 0.15) is 23.5 Å². The lowest BCUT2D eigenvalue weighted by Gasteiger charge is -2.25. The number of alkyl halides is 3. The van der Waals surface area contributed by atoms with Crippen molar-refractivity contribution in [1.29, 1.82) is 5.26 Å². The molecule has 2 amide bonds. The van der Waals surface area contributed by atoms with E-state index in [1.54, 1.807) is 6.07 Å². The van der Waals surface area contributed by atoms with Crippen molar-refractivity contribution in [1.82, 2.24) is 15.6 Å². The fourth-order valence-corrected chi connectivity index (χ4v) is 2.58. The molecule has 1 aliphatic rings. The van der Waals surface area contributed by atoms with E-state index < -0.39 is 23.9 Å². The summed E-state index contributed by atoms with van der Waals surface area (Å²) in [5.74, 6) is 0. The van der Waals surface area contributed by atoms with Crippen molar-refractivity contribution in [3.05, 3.63) is 27.4 Å². The molecule has 100 valence electrons. The average Bonchev–Trinajstić information content (AvgIpc) is 2.76. The molecular formula is C10H7F3N4OS. The molecule has 2 heterocycles. The van der Waals surface area contributed by atoms with E-state index in [9.17, 15) is 18.0 Å². The molecule has 1 unspecified atom stereocenters. The molecule has 0 bridgehead atoms. The summed E-state index contributed by atoms with van der Waals surface area (Å²) in [6.45, 7) is 1.46. The molecule has 0 aromatic carbocycles. The number of nitrogens with one attached hydrogen (secondary N) is 2. The molecule has 9 heteroatoms. The van der Waals surface area contributed by atoms with Gasteiger partial charge < -0.3 is 10.6 Å². The molecule has 0 spiro atoms. The zero-order chi connectivity index (χ0) is 14.2. The highest BCUT2D eigenvalue weighted by Gasteiger charge is 2.40. The Hall–Kier alpha value is -2.08. The van der Waals surface area contributed by atoms with Crippen LogP contribution in [0.2, 0.25) is 0 Å². The van der Waals surface area contributed by atoms with Gasteiger partial charge in [0.1, 0.15) is 6.04 Å². The lowest BCUT2D eigenvalue weighted by molar-refractivity contribution is -0.141. The lowest BCUT2D eigenvalue weighted by Crippen LogP contribution is -2.43. The van der Waals surface area contributed by atoms with Gasteiger partial charge in [0.2, 0.25) is 0 Å². The number of carbonyl (C=O) groups excluding carboxylic acids is 1. The highest BCUT2D eigenvalue weighted by atomic mass is 32.1. The van der Waals surface area contributed by atoms with Gasteiger partial charge in [0.25, 0.3) is 0 Å². The van der Waals surface area contributed by atoms with Crippen LogP contribution in [0.5, 0.6) is 0 Å². The van der Waals surface area contributed by atoms with Gasteiger partial charge >= 0.3 is 12.2 Å². The first-order valence-electron chi connectivity index (χ1n) is 5.03. The zero-order valence-electron chi connectivity index (χ0n) is 9.50. The number of thiazole rings is 1. The van der Waals surface area contributed by atoms with Crippen molar-refractivity contribution in [3.8, 4) is 6.07 Å². The summed E-state index contributed by atoms with van der Waals surface area (Å²) in [7, 11) is 0. The van der Waals surface area contributed by atoms with Crippen molar-refractivity contribution in [2.24, 2.45) is 0 Å². The summed E-state index contributed by atoms with van der Waals surface area (Å²) in [4.78, 5) is 14.4. The van der Waals surface area contributed by atoms with E-state index in [0.29, 0.717) is 0 Å². The predicted molar refractivity (Wildman–Crippen MR) is 59.8 cm³/mol. The van der Waals surface area contributed by atoms with Crippen LogP contribution in [0, 0.1) is 11.3 Å². The Morgan fingerprint density at radius 2 is 2.21 bits per heavy atom. The van der Waals surface area contributed by atoms with Crippen LogP contribution in [0.15, 0.2) is 16.8 Å². The van der Waals surface area contributed by atoms with E-state index in [-0.39, 0.29) is 16.1 Å². The number of hydrogen-bond acceptors (Lipinski definition) is 4. The maximum atomic E-state index is 12.8. The van der Waals surface area contributed by atoms with Crippen LogP contribution in [-0.4, -0.2) is 11.0 Å². The van der Waals surface area contributed by atoms with Gasteiger partial charge in [0, 0.05) is 5.70 Å². The molecule has 19 heavy (non-hydrogen) atoms. The predicted octanol–water partition coefficient (Wildman–Crippen LogP) is 2.31. The molecule has 1 aromatic heterocycles. The minimum absolute atomic E-state index is 0.0364. The second kappa shape index (κ2) is 4.55. The molecule has 5 nitrogen and oxygen atoms in total. The number of nitrogens with zero attached hydrogens (tertiary/aromatic N) is 2. The third kappa shape index (κ3) is 2.39. The zero-order valence-corrected chi connectivity index (χ0v) is 10.3. The molecule has 1 atom stereocenters. The molecule has 2 N–H and O–H groups in total. The molecular weight excluding hydrogens is 281 g/mol. The number of halogens is 3. The van der Waals surface area contributed by atoms with Crippen LogP contribution in [0.25, 0.3) is 0 Å². The lowest BCUT2D eigenvalue weighted by atomic mass is 10.0. The van der Waals surface area contributed by atoms with Gasteiger partial charge in [-0.3, -0.25) is 0 Å². The van der Waals surface area contributed by atoms with Crippen LogP contribution in [-0.2, 0) is 6.18 Å². The van der Waals surface area contributed by atoms with E-state index in [4.69, 9.17) is 5.26 Å². The van der Waals surface area contributed by atoms with Crippen molar-refractivity contribution in [2.75, 3.05) is 0 Å². The quantitative estimate of drug-likeness (QED) is 0.832. The molecule has 1 aliphatic heterocycles. The summed E-state index contributed by atoms with van der Waals surface area (Å²) in [5.41, 5.74) is 0.230. The highest BCUT2D eigenvalue weighted by molar-refractivity contribution is 7.09. The van der Waals surface area contributed by atoms with E-state index in [1.807, 2.05) is 0 Å². The Balaban J connectivity index is 2.53. The Labute approximate surface area is 109 Å². The van der Waals surface area contributed by atoms with Gasteiger partial charge in [0.05, 0.1) is 22.0 Å². The second-order valence-corrected chi connectivity index (χ2v) is 4.63. The van der Waals surface area contributed by atoms with Gasteiger partial charge in [-0.25, -0.2) is 9.78 Å². The number of allylic oxidation sites excluding steroid dienone is 1. The van der Waals surface area contributed by atoms with Gasteiger partial charge in [0.15, 0.2) is 5.69 Å². The van der Waals surface area contributed by atoms with Crippen LogP contribution >= 0.6 is 11.3 Å². The molecule has 0 fully saturated rings. The van der Waals surface area contributed by atoms with E-state index >= 15 is 0 Å². The van der Waals surface area contributed by atoms with Gasteiger partial charge in [-0.15, -0.1) is 11.3 Å². The minimum atomic E-state index is -4.63. The minimum Gasteiger partial charge on any atom is -0.325 e. The average molecular weight is 288 g/mol. The van der Waals surface area contributed by atoms with E-state index in [1.165, 1.54) is 6.92 Å². The molecule has 2 rings (SSSR count). The topological polar surface area (TPSA) is 77.8 Å². The second-order valence-electron chi connectivity index (χ2n) is 3.74. The van der Waals surface area contributed by atoms with E-state index in [0.717, 1.165) is 16.8 Å². The number of nitriles is 1. The monoisotopic (exact) mass is 288 g/mol. The summed E-state index contributed by atoms with van der Waals surface area (Å²) in [6, 6.07) is 0.0329. The van der Waals surface area contributed by atoms with Crippen molar-refractivity contribution in [2.45, 2.75) is 19.1 Å². The van der Waals surface area contributed by atoms with Gasteiger partial charge in [-0.05, 0) is 6.92 Å². The fraction of sp³-hybridized carbons (Fsp3) is 0.300. The van der Waals surface area contributed by atoms with E-state index in [2.05, 4.69) is 15.6 Å². The molecule has 0 radical (unpaired) electrons. The Morgan fingerprint density at radius 3 is 2.79 bits per heavy atom. The van der Waals surface area contributed by atoms with Crippen LogP contribution < -0.4 is 10.6 Å². The highest BCUT2D eigenvalue weighted by Crippen LogP contribution is 2.38. The van der Waals surface area contributed by atoms with Crippen LogP contribution in [0.3, 0.4) is 0 Å². The number of carbonyl (C=O) groups is 1. The summed E-state index contributed by atoms with van der Waals surface area (Å²) < 4.78 is 38.3. The Bertz CT molecular complexity index is 599. The van der Waals surface area contributed by atoms with Gasteiger partial charge in [-0.2, -0.15) is 18.4 Å². The number of rotatable bonds is 1. The first-order valence-corrected chi connectivity index (χ1v) is 5.91. The Kier molecular flexibility index (Phi) is 3.20. The van der Waals surface area contributed by atoms with Crippen molar-refractivity contribution >= 4 is 17.4 Å². The number of hydrogen-bond donors (Lipinski definition) is 2. The summed E-state index contributed by atoms with van der Waals surface area (Å²) in [5, 5.41) is 13.7. The Morgan fingerprint density at radius 1 is 1.53 bits per heavy atom. The maximum Gasteiger partial charge on any atom is 0.434 e. The molecule has 1 aromatic rings. The normalized spacial score (nSPS) is 19.7. The summed E-state index contributed by atoms with van der Waals surface area (Å²) >= 11 is 0.747. The first kappa shape index (κ1) is 13.4. The molecule has 0 saturated heterocycles. The molecule has 0 saturated carbocycles. The van der Waals surface area contributed by atoms with Crippen LogP contribution in [0.4, 0.5) is 18.0 Å². The van der Waals surface area contributed by atoms with Crippen molar-refractivity contribution in [3.63, 3.8) is 0 Å². The smallest absolute Gasteiger partial charge is 0.325 e. The largest absolute Gasteiger partial charge is 0.434 e. The fourth-order valence-electron chi connectivity index (χ4n) is 1.71. The first-order chi connectivity index (χ1) is 8.84. The standard InChI is InChI=1S/C10H7F3N4OS/c1-4-5(2-14)6(17-9(18)16-4)7-8(10(11,12)13)15-3-19-7/h3,6H,1H3,(H2,16,17,18). The third-order valence-corrected chi connectivity index (χ3v) is 3.41. The maximum absolute atomic E-state index is 12.8. The van der Waals surface area contributed by atoms with Crippen molar-refractivity contribution < 1.29 is 18.0 Å². The number of amides is 2. The number of urea groups is 1.